The van der Waals surface area contributed by atoms with Gasteiger partial charge >= 0.3 is 206 Å². The predicted octanol–water partition coefficient (Wildman–Crippen LogP) is 7.59. The maximum absolute atomic E-state index is 7.83. The normalized spacial score (nSPS) is 34.2. The molecule has 0 aliphatic heterocycles. The van der Waals surface area contributed by atoms with Gasteiger partial charge in [0, 0.05) is 0 Å². The third-order valence-corrected chi connectivity index (χ3v) is 22.0. The van der Waals surface area contributed by atoms with E-state index in [0.717, 1.165) is 35.0 Å². The minimum absolute atomic E-state index is 0.0929. The molecule has 0 spiro atoms. The fraction of sp³-hybridized carbons (Fsp3) is 0.571. The molecule has 4 saturated carbocycles. The van der Waals surface area contributed by atoms with E-state index >= 15 is 0 Å². The fourth-order valence-corrected chi connectivity index (χ4v) is 22.8. The third kappa shape index (κ3) is 3.83. The summed E-state index contributed by atoms with van der Waals surface area (Å²) in [5, 5.41) is 0. The fourth-order valence-electron chi connectivity index (χ4n) is 7.37. The van der Waals surface area contributed by atoms with Crippen LogP contribution in [0.5, 0.6) is 0 Å². The van der Waals surface area contributed by atoms with Gasteiger partial charge in [0.15, 0.2) is 0 Å². The van der Waals surface area contributed by atoms with E-state index in [9.17, 15) is 0 Å². The van der Waals surface area contributed by atoms with Crippen molar-refractivity contribution in [3.05, 3.63) is 48.5 Å². The summed E-state index contributed by atoms with van der Waals surface area (Å²) in [6, 6.07) is 18.1. The molecule has 6 unspecified atom stereocenters. The zero-order valence-electron chi connectivity index (χ0n) is 19.3. The van der Waals surface area contributed by atoms with Crippen molar-refractivity contribution in [2.75, 3.05) is 19.0 Å². The molecule has 4 bridgehead atoms. The van der Waals surface area contributed by atoms with Crippen molar-refractivity contribution in [1.82, 2.24) is 0 Å². The van der Waals surface area contributed by atoms with Crippen molar-refractivity contribution < 1.29 is 15.2 Å². The molecule has 175 valence electrons. The maximum atomic E-state index is 7.83. The standard InChI is InChI=1S/C14H14N.C14H22P.ClH.Pd/c1-15(2)14-11-7-6-10-13(14)12-8-4-3-5-9-12;1-3-11-5-9(1)7-13(11)15-14-8-10-2-4-12(14)6-10;;/h3-8,10-11H,1-2H3;9-14H,1-8H2;1H;/q;-1;;+2/p-1. The Bertz CT molecular complexity index is 951. The molecular formula is C28H36ClNPPd. The van der Waals surface area contributed by atoms with Crippen LogP contribution in [0.1, 0.15) is 51.4 Å². The van der Waals surface area contributed by atoms with Gasteiger partial charge in [0.1, 0.15) is 0 Å². The molecule has 2 aromatic carbocycles. The Hall–Kier alpha value is -0.378. The number of anilines is 1. The first kappa shape index (κ1) is 22.1. The van der Waals surface area contributed by atoms with Crippen LogP contribution in [0.4, 0.5) is 5.69 Å². The van der Waals surface area contributed by atoms with Crippen LogP contribution in [0.25, 0.3) is 11.1 Å². The first-order valence-electron chi connectivity index (χ1n) is 12.5. The van der Waals surface area contributed by atoms with Crippen molar-refractivity contribution in [2.24, 2.45) is 23.7 Å². The number of hydrogen-bond acceptors (Lipinski definition) is 1. The Labute approximate surface area is 204 Å². The van der Waals surface area contributed by atoms with E-state index in [1.54, 1.807) is 0 Å². The van der Waals surface area contributed by atoms with Crippen LogP contribution in [0.2, 0.25) is 0 Å². The number of fused-ring (bicyclic) bond motifs is 4. The molecule has 0 amide bonds. The van der Waals surface area contributed by atoms with Crippen LogP contribution in [-0.4, -0.2) is 25.4 Å². The second-order valence-corrected chi connectivity index (χ2v) is 21.0. The Morgan fingerprint density at radius 1 is 0.750 bits per heavy atom. The number of benzene rings is 2. The molecule has 2 aromatic rings. The molecule has 4 heteroatoms. The van der Waals surface area contributed by atoms with Gasteiger partial charge in [0.05, 0.1) is 0 Å². The SMILES string of the molecule is CN(C)c1ccccc1-c1cccc[c]1[Pd]([Cl])[P](C1CC2CCC1C2)C1CC2CCC1C2. The first-order valence-corrected chi connectivity index (χ1v) is 18.7. The van der Waals surface area contributed by atoms with Crippen molar-refractivity contribution in [2.45, 2.75) is 62.7 Å². The summed E-state index contributed by atoms with van der Waals surface area (Å²) < 4.78 is 1.52. The van der Waals surface area contributed by atoms with Crippen molar-refractivity contribution >= 4 is 25.4 Å². The van der Waals surface area contributed by atoms with E-state index in [4.69, 9.17) is 9.53 Å². The number of para-hydroxylation sites is 1. The zero-order chi connectivity index (χ0) is 21.8. The molecule has 4 fully saturated rings. The second kappa shape index (κ2) is 9.01. The molecule has 4 aliphatic carbocycles. The Morgan fingerprint density at radius 2 is 1.31 bits per heavy atom. The molecular weight excluding hydrogens is 523 g/mol. The summed E-state index contributed by atoms with van der Waals surface area (Å²) in [5.74, 6) is 4.03. The minimum atomic E-state index is -1.30. The molecule has 0 radical (unpaired) electrons. The topological polar surface area (TPSA) is 3.24 Å². The van der Waals surface area contributed by atoms with Crippen molar-refractivity contribution in [3.8, 4) is 11.1 Å². The number of hydrogen-bond donors (Lipinski definition) is 0. The van der Waals surface area contributed by atoms with E-state index in [0.29, 0.717) is 0 Å². The van der Waals surface area contributed by atoms with E-state index in [1.165, 1.54) is 72.2 Å². The molecule has 6 atom stereocenters. The van der Waals surface area contributed by atoms with Gasteiger partial charge in [0.2, 0.25) is 0 Å². The Morgan fingerprint density at radius 3 is 1.84 bits per heavy atom. The molecule has 32 heavy (non-hydrogen) atoms. The predicted molar refractivity (Wildman–Crippen MR) is 137 cm³/mol. The summed E-state index contributed by atoms with van der Waals surface area (Å²) in [5.41, 5.74) is 5.99. The molecule has 4 aliphatic rings. The van der Waals surface area contributed by atoms with Crippen LogP contribution < -0.4 is 8.94 Å². The number of rotatable bonds is 6. The van der Waals surface area contributed by atoms with E-state index in [2.05, 4.69) is 67.5 Å². The molecule has 1 nitrogen and oxygen atoms in total. The second-order valence-electron chi connectivity index (χ2n) is 10.8. The monoisotopic (exact) mass is 558 g/mol. The third-order valence-electron chi connectivity index (χ3n) is 8.80. The van der Waals surface area contributed by atoms with E-state index in [1.807, 2.05) is 0 Å². The summed E-state index contributed by atoms with van der Waals surface area (Å²) in [6.07, 6.45) is 11.9. The van der Waals surface area contributed by atoms with Crippen LogP contribution >= 0.6 is 15.6 Å². The average molecular weight is 559 g/mol. The van der Waals surface area contributed by atoms with Gasteiger partial charge in [0.25, 0.3) is 0 Å². The van der Waals surface area contributed by atoms with Gasteiger partial charge in [-0.2, -0.15) is 0 Å². The van der Waals surface area contributed by atoms with Gasteiger partial charge in [-0.1, -0.05) is 0 Å². The summed E-state index contributed by atoms with van der Waals surface area (Å²) in [7, 11) is 12.1. The molecule has 0 heterocycles. The number of halogens is 1. The van der Waals surface area contributed by atoms with Gasteiger partial charge in [-0.05, 0) is 0 Å². The van der Waals surface area contributed by atoms with Gasteiger partial charge in [-0.3, -0.25) is 0 Å². The van der Waals surface area contributed by atoms with Crippen LogP contribution in [0, 0.1) is 23.7 Å². The van der Waals surface area contributed by atoms with Gasteiger partial charge in [-0.25, -0.2) is 0 Å². The molecule has 0 saturated heterocycles. The van der Waals surface area contributed by atoms with Crippen LogP contribution in [0.15, 0.2) is 48.5 Å². The van der Waals surface area contributed by atoms with Crippen molar-refractivity contribution in [1.29, 1.82) is 0 Å². The molecule has 0 aromatic heterocycles. The Kier molecular flexibility index (Phi) is 6.22. The van der Waals surface area contributed by atoms with E-state index < -0.39 is 15.2 Å². The summed E-state index contributed by atoms with van der Waals surface area (Å²) >= 11 is -1.30. The van der Waals surface area contributed by atoms with E-state index in [-0.39, 0.29) is 6.11 Å². The van der Waals surface area contributed by atoms with Gasteiger partial charge in [-0.15, -0.1) is 0 Å². The summed E-state index contributed by atoms with van der Waals surface area (Å²) in [4.78, 5) is 2.25. The summed E-state index contributed by atoms with van der Waals surface area (Å²) in [6.45, 7) is 0. The number of nitrogens with zero attached hydrogens (tertiary/aromatic N) is 1. The average Bonchev–Trinajstić information content (AvgIpc) is 3.62. The van der Waals surface area contributed by atoms with Crippen LogP contribution in [0.3, 0.4) is 0 Å². The van der Waals surface area contributed by atoms with Crippen LogP contribution in [-0.2, 0) is 15.2 Å². The van der Waals surface area contributed by atoms with Gasteiger partial charge < -0.3 is 0 Å². The molecule has 6 rings (SSSR count). The zero-order valence-corrected chi connectivity index (χ0v) is 22.5. The quantitative estimate of drug-likeness (QED) is 0.261. The Balaban J connectivity index is 1.41. The molecule has 0 N–H and O–H groups in total. The van der Waals surface area contributed by atoms with Crippen molar-refractivity contribution in [3.63, 3.8) is 0 Å². The first-order chi connectivity index (χ1) is 15.6.